The summed E-state index contributed by atoms with van der Waals surface area (Å²) in [6.45, 7) is 1.14. The van der Waals surface area contributed by atoms with Crippen LogP contribution in [0, 0.1) is 18.6 Å². The van der Waals surface area contributed by atoms with Gasteiger partial charge in [0.25, 0.3) is 5.91 Å². The minimum absolute atomic E-state index is 0. The summed E-state index contributed by atoms with van der Waals surface area (Å²) in [6, 6.07) is 9.11. The number of nitrogens with one attached hydrogen (secondary N) is 1. The van der Waals surface area contributed by atoms with Crippen molar-refractivity contribution in [3.05, 3.63) is 89.0 Å². The SMILES string of the molecule is COc1ccc(-c2nc(C(=O)NCc3ccc(F)cc3F)c([C@@H](N)CO)o2)c2ccc(C)nc12.O.O=C(O)/C=C\C(=O)O. The molecule has 0 saturated carbocycles. The summed E-state index contributed by atoms with van der Waals surface area (Å²) in [4.78, 5) is 40.9. The van der Waals surface area contributed by atoms with E-state index in [0.29, 0.717) is 34.4 Å². The Morgan fingerprint density at radius 1 is 1.07 bits per heavy atom. The van der Waals surface area contributed by atoms with Gasteiger partial charge in [-0.2, -0.15) is 0 Å². The van der Waals surface area contributed by atoms with Gasteiger partial charge in [0.05, 0.1) is 19.8 Å². The molecule has 0 unspecified atom stereocenters. The van der Waals surface area contributed by atoms with E-state index in [1.807, 2.05) is 19.1 Å². The number of pyridine rings is 1. The van der Waals surface area contributed by atoms with Gasteiger partial charge in [0, 0.05) is 47.0 Å². The third-order valence-electron chi connectivity index (χ3n) is 5.63. The summed E-state index contributed by atoms with van der Waals surface area (Å²) < 4.78 is 38.3. The van der Waals surface area contributed by atoms with Crippen molar-refractivity contribution in [3.8, 4) is 17.2 Å². The Bertz CT molecular complexity index is 1640. The number of oxazole rings is 1. The molecule has 8 N–H and O–H groups in total. The highest BCUT2D eigenvalue weighted by Crippen LogP contribution is 2.35. The van der Waals surface area contributed by atoms with Crippen LogP contribution in [0.4, 0.5) is 8.78 Å². The molecule has 0 radical (unpaired) electrons. The highest BCUT2D eigenvalue weighted by atomic mass is 19.1. The molecular formula is C28H28F2N4O9. The second kappa shape index (κ2) is 15.1. The monoisotopic (exact) mass is 602 g/mol. The average molecular weight is 603 g/mol. The fraction of sp³-hybridized carbons (Fsp3) is 0.179. The molecule has 0 fully saturated rings. The van der Waals surface area contributed by atoms with E-state index in [2.05, 4.69) is 15.3 Å². The number of benzene rings is 2. The van der Waals surface area contributed by atoms with E-state index in [1.165, 1.54) is 13.2 Å². The molecule has 0 aliphatic carbocycles. The van der Waals surface area contributed by atoms with E-state index in [4.69, 9.17) is 25.1 Å². The first-order valence-electron chi connectivity index (χ1n) is 12.1. The van der Waals surface area contributed by atoms with Gasteiger partial charge < -0.3 is 41.0 Å². The maximum Gasteiger partial charge on any atom is 0.328 e. The highest BCUT2D eigenvalue weighted by molar-refractivity contribution is 5.98. The van der Waals surface area contributed by atoms with Gasteiger partial charge in [0.2, 0.25) is 5.89 Å². The number of rotatable bonds is 9. The van der Waals surface area contributed by atoms with Crippen molar-refractivity contribution in [2.75, 3.05) is 13.7 Å². The number of aliphatic hydroxyl groups excluding tert-OH is 1. The van der Waals surface area contributed by atoms with Crippen LogP contribution >= 0.6 is 0 Å². The van der Waals surface area contributed by atoms with Gasteiger partial charge in [-0.25, -0.2) is 28.3 Å². The van der Waals surface area contributed by atoms with Gasteiger partial charge in [0.1, 0.15) is 22.9 Å². The highest BCUT2D eigenvalue weighted by Gasteiger charge is 2.26. The maximum absolute atomic E-state index is 13.9. The lowest BCUT2D eigenvalue weighted by molar-refractivity contribution is -0.134. The number of fused-ring (bicyclic) bond motifs is 1. The van der Waals surface area contributed by atoms with Gasteiger partial charge >= 0.3 is 11.9 Å². The molecule has 15 heteroatoms. The van der Waals surface area contributed by atoms with E-state index in [1.54, 1.807) is 12.1 Å². The number of methoxy groups -OCH3 is 1. The third-order valence-corrected chi connectivity index (χ3v) is 5.63. The van der Waals surface area contributed by atoms with Crippen LogP contribution in [0.5, 0.6) is 5.75 Å². The number of carboxylic acid groups (broad SMARTS) is 2. The molecule has 0 bridgehead atoms. The number of carbonyl (C=O) groups excluding carboxylic acids is 1. The van der Waals surface area contributed by atoms with Crippen molar-refractivity contribution in [1.82, 2.24) is 15.3 Å². The minimum atomic E-state index is -1.26. The topological polar surface area (TPSA) is 230 Å². The zero-order valence-electron chi connectivity index (χ0n) is 22.8. The lowest BCUT2D eigenvalue weighted by Gasteiger charge is -2.09. The smallest absolute Gasteiger partial charge is 0.328 e. The predicted molar refractivity (Wildman–Crippen MR) is 148 cm³/mol. The summed E-state index contributed by atoms with van der Waals surface area (Å²) in [6.07, 6.45) is 1.12. The van der Waals surface area contributed by atoms with E-state index in [0.717, 1.165) is 17.8 Å². The van der Waals surface area contributed by atoms with Gasteiger partial charge in [-0.3, -0.25) is 4.79 Å². The molecule has 2 aromatic carbocycles. The second-order valence-corrected chi connectivity index (χ2v) is 8.61. The Hall–Kier alpha value is -5.25. The van der Waals surface area contributed by atoms with Gasteiger partial charge in [-0.05, 0) is 31.2 Å². The van der Waals surface area contributed by atoms with Crippen LogP contribution in [0.25, 0.3) is 22.4 Å². The maximum atomic E-state index is 13.9. The van der Waals surface area contributed by atoms with Crippen molar-refractivity contribution < 1.29 is 53.1 Å². The summed E-state index contributed by atoms with van der Waals surface area (Å²) in [5.74, 6) is -4.10. The van der Waals surface area contributed by atoms with Crippen molar-refractivity contribution >= 4 is 28.7 Å². The number of hydrogen-bond donors (Lipinski definition) is 5. The summed E-state index contributed by atoms with van der Waals surface area (Å²) in [5, 5.41) is 28.4. The van der Waals surface area contributed by atoms with Gasteiger partial charge in [0.15, 0.2) is 11.5 Å². The fourth-order valence-corrected chi connectivity index (χ4v) is 3.65. The largest absolute Gasteiger partial charge is 0.494 e. The van der Waals surface area contributed by atoms with E-state index >= 15 is 0 Å². The number of aryl methyl sites for hydroxylation is 1. The molecule has 4 rings (SSSR count). The number of nitrogens with zero attached hydrogens (tertiary/aromatic N) is 2. The van der Waals surface area contributed by atoms with Crippen molar-refractivity contribution in [2.45, 2.75) is 19.5 Å². The molecule has 2 heterocycles. The Balaban J connectivity index is 0.000000632. The average Bonchev–Trinajstić information content (AvgIpc) is 3.40. The summed E-state index contributed by atoms with van der Waals surface area (Å²) in [7, 11) is 1.54. The normalized spacial score (nSPS) is 11.3. The van der Waals surface area contributed by atoms with E-state index in [9.17, 15) is 28.3 Å². The van der Waals surface area contributed by atoms with Crippen LogP contribution < -0.4 is 15.8 Å². The number of aliphatic hydroxyl groups is 1. The number of carbonyl (C=O) groups is 3. The second-order valence-electron chi connectivity index (χ2n) is 8.61. The molecule has 228 valence electrons. The van der Waals surface area contributed by atoms with Crippen molar-refractivity contribution in [3.63, 3.8) is 0 Å². The van der Waals surface area contributed by atoms with Gasteiger partial charge in [-0.1, -0.05) is 12.1 Å². The zero-order chi connectivity index (χ0) is 31.0. The molecule has 0 spiro atoms. The number of aliphatic carboxylic acids is 2. The molecule has 0 saturated heterocycles. The van der Waals surface area contributed by atoms with Crippen molar-refractivity contribution in [2.24, 2.45) is 5.73 Å². The predicted octanol–water partition coefficient (Wildman–Crippen LogP) is 2.29. The lowest BCUT2D eigenvalue weighted by Crippen LogP contribution is -2.26. The summed E-state index contributed by atoms with van der Waals surface area (Å²) in [5.41, 5.74) is 7.81. The zero-order valence-corrected chi connectivity index (χ0v) is 22.8. The van der Waals surface area contributed by atoms with Crippen LogP contribution in [0.2, 0.25) is 0 Å². The molecular weight excluding hydrogens is 574 g/mol. The van der Waals surface area contributed by atoms with Crippen molar-refractivity contribution in [1.29, 1.82) is 0 Å². The molecule has 2 aromatic heterocycles. The number of ether oxygens (including phenoxy) is 1. The number of carboxylic acids is 2. The third kappa shape index (κ3) is 8.62. The van der Waals surface area contributed by atoms with Crippen LogP contribution in [0.1, 0.15) is 33.5 Å². The fourth-order valence-electron chi connectivity index (χ4n) is 3.65. The first kappa shape index (κ1) is 34.0. The molecule has 43 heavy (non-hydrogen) atoms. The Morgan fingerprint density at radius 2 is 1.74 bits per heavy atom. The summed E-state index contributed by atoms with van der Waals surface area (Å²) >= 11 is 0. The molecule has 0 aliphatic rings. The first-order chi connectivity index (χ1) is 19.9. The number of hydrogen-bond acceptors (Lipinski definition) is 9. The Labute approximate surface area is 242 Å². The molecule has 1 amide bonds. The molecule has 13 nitrogen and oxygen atoms in total. The Kier molecular flexibility index (Phi) is 11.9. The standard InChI is InChI=1S/C24H22F2N4O4.C4H4O4.H2O/c1-12-3-6-15-16(7-8-19(33-2)20(15)29-12)24-30-21(22(34-24)18(27)11-31)23(32)28-10-13-4-5-14(25)9-17(13)26;5-3(6)1-2-4(7)8;/h3-9,18,31H,10-11,27H2,1-2H3,(H,28,32);1-2H,(H,5,6)(H,7,8);1H2/b;2-1-;/t18-;;/m0../s1. The molecule has 4 aromatic rings. The quantitative estimate of drug-likeness (QED) is 0.174. The lowest BCUT2D eigenvalue weighted by atomic mass is 10.1. The van der Waals surface area contributed by atoms with Crippen LogP contribution in [0.15, 0.2) is 59.0 Å². The Morgan fingerprint density at radius 3 is 2.33 bits per heavy atom. The first-order valence-corrected chi connectivity index (χ1v) is 12.1. The van der Waals surface area contributed by atoms with Crippen LogP contribution in [0.3, 0.4) is 0 Å². The van der Waals surface area contributed by atoms with Gasteiger partial charge in [-0.15, -0.1) is 0 Å². The van der Waals surface area contributed by atoms with Crippen LogP contribution in [-0.2, 0) is 16.1 Å². The number of nitrogens with two attached hydrogens (primary N) is 1. The number of aromatic nitrogens is 2. The molecule has 1 atom stereocenters. The van der Waals surface area contributed by atoms with Crippen LogP contribution in [-0.4, -0.2) is 62.3 Å². The number of amides is 1. The molecule has 0 aliphatic heterocycles. The number of halogens is 2. The van der Waals surface area contributed by atoms with E-state index < -0.39 is 42.1 Å². The van der Waals surface area contributed by atoms with E-state index in [-0.39, 0.29) is 34.9 Å². The minimum Gasteiger partial charge on any atom is -0.494 e.